The number of fused-ring (bicyclic) bond motifs is 1. The first-order valence-electron chi connectivity index (χ1n) is 6.82. The van der Waals surface area contributed by atoms with E-state index in [9.17, 15) is 4.79 Å². The van der Waals surface area contributed by atoms with Gasteiger partial charge in [0.2, 0.25) is 5.91 Å². The van der Waals surface area contributed by atoms with Crippen LogP contribution in [0, 0.1) is 6.92 Å². The summed E-state index contributed by atoms with van der Waals surface area (Å²) < 4.78 is 16.3. The van der Waals surface area contributed by atoms with Crippen LogP contribution < -0.4 is 14.8 Å². The van der Waals surface area contributed by atoms with Gasteiger partial charge in [-0.1, -0.05) is 17.3 Å². The second-order valence-corrected chi connectivity index (χ2v) is 4.91. The molecule has 6 nitrogen and oxygen atoms in total. The average Bonchev–Trinajstić information content (AvgIpc) is 2.90. The van der Waals surface area contributed by atoms with Crippen LogP contribution in [0.2, 0.25) is 0 Å². The van der Waals surface area contributed by atoms with Crippen LogP contribution in [-0.4, -0.2) is 23.8 Å². The maximum absolute atomic E-state index is 11.8. The summed E-state index contributed by atoms with van der Waals surface area (Å²) in [6, 6.07) is 9.19. The Hall–Kier alpha value is -2.50. The van der Waals surface area contributed by atoms with Gasteiger partial charge in [-0.2, -0.15) is 0 Å². The molecule has 0 aliphatic carbocycles. The topological polar surface area (TPSA) is 73.6 Å². The quantitative estimate of drug-likeness (QED) is 0.935. The molecule has 0 unspecified atom stereocenters. The van der Waals surface area contributed by atoms with E-state index in [1.54, 1.807) is 13.0 Å². The largest absolute Gasteiger partial charge is 0.486 e. The minimum atomic E-state index is -0.121. The molecule has 1 aromatic carbocycles. The minimum absolute atomic E-state index is 0.120. The maximum Gasteiger partial charge on any atom is 0.225 e. The summed E-state index contributed by atoms with van der Waals surface area (Å²) in [6.07, 6.45) is 0.795. The third kappa shape index (κ3) is 3.34. The number of hydrogen-bond donors (Lipinski definition) is 1. The first kappa shape index (κ1) is 13.5. The Balaban J connectivity index is 1.49. The highest BCUT2D eigenvalue weighted by molar-refractivity contribution is 5.89. The summed E-state index contributed by atoms with van der Waals surface area (Å²) in [5.74, 6) is 2.44. The van der Waals surface area contributed by atoms with Crippen LogP contribution in [0.4, 0.5) is 5.82 Å². The number of carbonyl (C=O) groups is 1. The molecule has 0 radical (unpaired) electrons. The van der Waals surface area contributed by atoms with Gasteiger partial charge in [-0.05, 0) is 25.5 Å². The predicted octanol–water partition coefficient (Wildman–Crippen LogP) is 2.54. The molecular weight excluding hydrogens is 272 g/mol. The molecule has 21 heavy (non-hydrogen) atoms. The molecule has 1 amide bonds. The number of benzene rings is 1. The summed E-state index contributed by atoms with van der Waals surface area (Å²) in [5, 5.41) is 6.40. The molecule has 1 aliphatic heterocycles. The highest BCUT2D eigenvalue weighted by Crippen LogP contribution is 2.31. The van der Waals surface area contributed by atoms with Crippen molar-refractivity contribution in [2.75, 3.05) is 11.9 Å². The van der Waals surface area contributed by atoms with Gasteiger partial charge in [-0.25, -0.2) is 0 Å². The number of para-hydroxylation sites is 2. The molecule has 1 aliphatic rings. The van der Waals surface area contributed by atoms with Gasteiger partial charge >= 0.3 is 0 Å². The van der Waals surface area contributed by atoms with Gasteiger partial charge in [0.1, 0.15) is 18.5 Å². The van der Waals surface area contributed by atoms with Crippen molar-refractivity contribution in [3.05, 3.63) is 36.1 Å². The number of nitrogens with one attached hydrogen (secondary N) is 1. The first-order valence-corrected chi connectivity index (χ1v) is 6.82. The molecule has 0 saturated heterocycles. The van der Waals surface area contributed by atoms with Crippen LogP contribution in [0.1, 0.15) is 18.6 Å². The molecule has 2 aromatic rings. The lowest BCUT2D eigenvalue weighted by molar-refractivity contribution is -0.116. The van der Waals surface area contributed by atoms with Crippen molar-refractivity contribution < 1.29 is 18.8 Å². The smallest absolute Gasteiger partial charge is 0.225 e. The molecule has 6 heteroatoms. The Labute approximate surface area is 122 Å². The van der Waals surface area contributed by atoms with Crippen molar-refractivity contribution >= 4 is 11.7 Å². The number of nitrogens with zero attached hydrogens (tertiary/aromatic N) is 1. The van der Waals surface area contributed by atoms with E-state index in [0.29, 0.717) is 31.0 Å². The second kappa shape index (κ2) is 5.87. The fraction of sp³-hybridized carbons (Fsp3) is 0.333. The molecule has 2 heterocycles. The number of hydrogen-bond acceptors (Lipinski definition) is 5. The number of amides is 1. The highest BCUT2D eigenvalue weighted by Gasteiger charge is 2.21. The summed E-state index contributed by atoms with van der Waals surface area (Å²) in [4.78, 5) is 11.8. The molecule has 3 rings (SSSR count). The van der Waals surface area contributed by atoms with Gasteiger partial charge in [0.25, 0.3) is 0 Å². The van der Waals surface area contributed by atoms with E-state index < -0.39 is 0 Å². The summed E-state index contributed by atoms with van der Waals surface area (Å²) in [6.45, 7) is 2.22. The lowest BCUT2D eigenvalue weighted by Crippen LogP contribution is -2.30. The molecule has 0 saturated carbocycles. The van der Waals surface area contributed by atoms with Gasteiger partial charge in [0.05, 0.1) is 0 Å². The molecule has 110 valence electrons. The Morgan fingerprint density at radius 3 is 2.95 bits per heavy atom. The number of rotatable bonds is 4. The highest BCUT2D eigenvalue weighted by atomic mass is 16.6. The van der Waals surface area contributed by atoms with Gasteiger partial charge in [-0.15, -0.1) is 0 Å². The van der Waals surface area contributed by atoms with Crippen molar-refractivity contribution in [1.29, 1.82) is 0 Å². The molecule has 1 N–H and O–H groups in total. The number of carbonyl (C=O) groups excluding carboxylic acids is 1. The molecule has 1 aromatic heterocycles. The number of aromatic nitrogens is 1. The summed E-state index contributed by atoms with van der Waals surface area (Å²) in [7, 11) is 0. The van der Waals surface area contributed by atoms with Crippen molar-refractivity contribution in [2.45, 2.75) is 25.9 Å². The van der Waals surface area contributed by atoms with Gasteiger partial charge < -0.3 is 19.3 Å². The summed E-state index contributed by atoms with van der Waals surface area (Å²) in [5.41, 5.74) is 0. The van der Waals surface area contributed by atoms with Crippen LogP contribution in [-0.2, 0) is 4.79 Å². The minimum Gasteiger partial charge on any atom is -0.486 e. The van der Waals surface area contributed by atoms with Crippen LogP contribution in [0.15, 0.2) is 34.9 Å². The van der Waals surface area contributed by atoms with Crippen LogP contribution in [0.25, 0.3) is 0 Å². The Morgan fingerprint density at radius 2 is 2.19 bits per heavy atom. The normalized spacial score (nSPS) is 16.5. The summed E-state index contributed by atoms with van der Waals surface area (Å²) >= 11 is 0. The predicted molar refractivity (Wildman–Crippen MR) is 75.5 cm³/mol. The third-order valence-corrected chi connectivity index (χ3v) is 3.16. The van der Waals surface area contributed by atoms with E-state index in [4.69, 9.17) is 14.0 Å². The lowest BCUT2D eigenvalue weighted by atomic mass is 10.1. The zero-order valence-corrected chi connectivity index (χ0v) is 11.7. The van der Waals surface area contributed by atoms with E-state index in [1.165, 1.54) is 0 Å². The lowest BCUT2D eigenvalue weighted by Gasteiger charge is -2.26. The average molecular weight is 288 g/mol. The van der Waals surface area contributed by atoms with Gasteiger partial charge in [0.15, 0.2) is 17.3 Å². The van der Waals surface area contributed by atoms with E-state index >= 15 is 0 Å². The second-order valence-electron chi connectivity index (χ2n) is 4.91. The van der Waals surface area contributed by atoms with Crippen LogP contribution in [0.3, 0.4) is 0 Å². The van der Waals surface area contributed by atoms with E-state index in [1.807, 2.05) is 24.3 Å². The van der Waals surface area contributed by atoms with Crippen molar-refractivity contribution in [2.24, 2.45) is 0 Å². The van der Waals surface area contributed by atoms with Gasteiger partial charge in [-0.3, -0.25) is 4.79 Å². The zero-order chi connectivity index (χ0) is 14.7. The fourth-order valence-electron chi connectivity index (χ4n) is 2.13. The number of ether oxygens (including phenoxy) is 2. The Morgan fingerprint density at radius 1 is 1.38 bits per heavy atom. The van der Waals surface area contributed by atoms with Gasteiger partial charge in [0, 0.05) is 12.5 Å². The fourth-order valence-corrected chi connectivity index (χ4v) is 2.13. The van der Waals surface area contributed by atoms with E-state index in [2.05, 4.69) is 10.5 Å². The zero-order valence-electron chi connectivity index (χ0n) is 11.7. The Bertz CT molecular complexity index is 638. The molecule has 0 fully saturated rings. The van der Waals surface area contributed by atoms with Crippen molar-refractivity contribution in [3.63, 3.8) is 0 Å². The Kier molecular flexibility index (Phi) is 3.77. The number of aryl methyl sites for hydroxylation is 1. The van der Waals surface area contributed by atoms with E-state index in [0.717, 1.165) is 11.5 Å². The molecule has 0 spiro atoms. The van der Waals surface area contributed by atoms with Crippen molar-refractivity contribution in [3.8, 4) is 11.5 Å². The molecule has 1 atom stereocenters. The molecule has 0 bridgehead atoms. The first-order chi connectivity index (χ1) is 10.2. The monoisotopic (exact) mass is 288 g/mol. The third-order valence-electron chi connectivity index (χ3n) is 3.16. The van der Waals surface area contributed by atoms with Crippen LogP contribution in [0.5, 0.6) is 11.5 Å². The number of anilines is 1. The van der Waals surface area contributed by atoms with Crippen molar-refractivity contribution in [1.82, 2.24) is 5.16 Å². The molecular formula is C15H16N2O4. The van der Waals surface area contributed by atoms with Crippen LogP contribution >= 0.6 is 0 Å². The standard InChI is InChI=1S/C15H16N2O4/c1-10-8-14(17-21-10)16-15(18)7-6-11-9-19-12-4-2-3-5-13(12)20-11/h2-5,8,11H,6-7,9H2,1H3,(H,16,17,18)/t11-/m1/s1. The SMILES string of the molecule is Cc1cc(NC(=O)CC[C@@H]2COc3ccccc3O2)no1. The maximum atomic E-state index is 11.8. The van der Waals surface area contributed by atoms with E-state index in [-0.39, 0.29) is 12.0 Å².